The lowest BCUT2D eigenvalue weighted by Gasteiger charge is -2.27. The molecule has 0 spiro atoms. The molecule has 1 aromatic rings. The molecular formula is C11H15N3O2. The predicted octanol–water partition coefficient (Wildman–Crippen LogP) is -0.569. The number of aromatic nitrogens is 1. The first-order chi connectivity index (χ1) is 7.70. The molecule has 1 amide bonds. The Morgan fingerprint density at radius 1 is 1.38 bits per heavy atom. The smallest absolute Gasteiger partial charge is 0.263 e. The van der Waals surface area contributed by atoms with Gasteiger partial charge in [-0.25, -0.2) is 0 Å². The van der Waals surface area contributed by atoms with Gasteiger partial charge in [-0.2, -0.15) is 0 Å². The summed E-state index contributed by atoms with van der Waals surface area (Å²) < 4.78 is 1.43. The number of pyridine rings is 1. The Morgan fingerprint density at radius 3 is 2.75 bits per heavy atom. The van der Waals surface area contributed by atoms with Crippen LogP contribution >= 0.6 is 0 Å². The summed E-state index contributed by atoms with van der Waals surface area (Å²) in [5.41, 5.74) is 0.0259. The highest BCUT2D eigenvalue weighted by atomic mass is 16.2. The summed E-state index contributed by atoms with van der Waals surface area (Å²) in [6.07, 6.45) is 1.65. The Labute approximate surface area is 93.7 Å². The van der Waals surface area contributed by atoms with Crippen LogP contribution in [0.3, 0.4) is 0 Å². The molecule has 0 bridgehead atoms. The van der Waals surface area contributed by atoms with Gasteiger partial charge in [0, 0.05) is 39.4 Å². The molecular weight excluding hydrogens is 206 g/mol. The summed E-state index contributed by atoms with van der Waals surface area (Å²) in [5, 5.41) is 3.17. The molecule has 0 saturated carbocycles. The van der Waals surface area contributed by atoms with Crippen molar-refractivity contribution in [2.45, 2.75) is 0 Å². The largest absolute Gasteiger partial charge is 0.336 e. The Hall–Kier alpha value is -1.62. The van der Waals surface area contributed by atoms with Crippen LogP contribution in [0.5, 0.6) is 0 Å². The summed E-state index contributed by atoms with van der Waals surface area (Å²) >= 11 is 0. The van der Waals surface area contributed by atoms with Gasteiger partial charge in [0.2, 0.25) is 0 Å². The van der Waals surface area contributed by atoms with Gasteiger partial charge in [0.15, 0.2) is 0 Å². The molecule has 1 fully saturated rings. The molecule has 5 nitrogen and oxygen atoms in total. The Balaban J connectivity index is 2.26. The van der Waals surface area contributed by atoms with E-state index in [1.807, 2.05) is 0 Å². The first-order valence-corrected chi connectivity index (χ1v) is 5.36. The van der Waals surface area contributed by atoms with E-state index in [1.54, 1.807) is 30.3 Å². The number of aryl methyl sites for hydroxylation is 1. The quantitative estimate of drug-likeness (QED) is 0.691. The van der Waals surface area contributed by atoms with E-state index in [2.05, 4.69) is 5.32 Å². The maximum Gasteiger partial charge on any atom is 0.263 e. The van der Waals surface area contributed by atoms with Crippen LogP contribution in [0.15, 0.2) is 23.1 Å². The Kier molecular flexibility index (Phi) is 3.05. The monoisotopic (exact) mass is 221 g/mol. The minimum Gasteiger partial charge on any atom is -0.336 e. The lowest BCUT2D eigenvalue weighted by Crippen LogP contribution is -2.47. The molecule has 1 N–H and O–H groups in total. The normalized spacial score (nSPS) is 16.2. The number of piperazine rings is 1. The lowest BCUT2D eigenvalue weighted by atomic mass is 10.2. The molecule has 1 aromatic heterocycles. The van der Waals surface area contributed by atoms with Gasteiger partial charge in [-0.3, -0.25) is 9.59 Å². The highest BCUT2D eigenvalue weighted by molar-refractivity contribution is 5.93. The standard InChI is InChI=1S/C11H15N3O2/c1-13-6-2-3-9(10(13)15)11(16)14-7-4-12-5-8-14/h2-3,6,12H,4-5,7-8H2,1H3. The van der Waals surface area contributed by atoms with Crippen molar-refractivity contribution in [1.29, 1.82) is 0 Å². The van der Waals surface area contributed by atoms with Crippen molar-refractivity contribution in [1.82, 2.24) is 14.8 Å². The highest BCUT2D eigenvalue weighted by Crippen LogP contribution is 2.01. The van der Waals surface area contributed by atoms with E-state index in [9.17, 15) is 9.59 Å². The average molecular weight is 221 g/mol. The first-order valence-electron chi connectivity index (χ1n) is 5.36. The molecule has 0 atom stereocenters. The van der Waals surface area contributed by atoms with Crippen molar-refractivity contribution in [3.05, 3.63) is 34.2 Å². The number of rotatable bonds is 1. The van der Waals surface area contributed by atoms with Gasteiger partial charge < -0.3 is 14.8 Å². The van der Waals surface area contributed by atoms with Crippen LogP contribution in [-0.2, 0) is 7.05 Å². The molecule has 0 aliphatic carbocycles. The molecule has 0 radical (unpaired) electrons. The topological polar surface area (TPSA) is 54.3 Å². The van der Waals surface area contributed by atoms with Gasteiger partial charge in [-0.1, -0.05) is 0 Å². The molecule has 16 heavy (non-hydrogen) atoms. The number of hydrogen-bond donors (Lipinski definition) is 1. The lowest BCUT2D eigenvalue weighted by molar-refractivity contribution is 0.0733. The molecule has 1 saturated heterocycles. The summed E-state index contributed by atoms with van der Waals surface area (Å²) in [4.78, 5) is 25.5. The van der Waals surface area contributed by atoms with Gasteiger partial charge >= 0.3 is 0 Å². The zero-order chi connectivity index (χ0) is 11.5. The number of carbonyl (C=O) groups excluding carboxylic acids is 1. The van der Waals surface area contributed by atoms with Crippen molar-refractivity contribution in [2.75, 3.05) is 26.2 Å². The van der Waals surface area contributed by atoms with Crippen LogP contribution in [0.1, 0.15) is 10.4 Å². The number of nitrogens with one attached hydrogen (secondary N) is 1. The Bertz CT molecular complexity index is 447. The van der Waals surface area contributed by atoms with E-state index < -0.39 is 0 Å². The first kappa shape index (κ1) is 10.9. The molecule has 1 aliphatic heterocycles. The van der Waals surface area contributed by atoms with E-state index >= 15 is 0 Å². The third kappa shape index (κ3) is 1.99. The van der Waals surface area contributed by atoms with E-state index in [0.29, 0.717) is 13.1 Å². The van der Waals surface area contributed by atoms with Crippen LogP contribution in [0.25, 0.3) is 0 Å². The zero-order valence-electron chi connectivity index (χ0n) is 9.27. The number of nitrogens with zero attached hydrogens (tertiary/aromatic N) is 2. The maximum absolute atomic E-state index is 12.1. The second kappa shape index (κ2) is 4.49. The van der Waals surface area contributed by atoms with Crippen LogP contribution in [0.4, 0.5) is 0 Å². The minimum absolute atomic E-state index is 0.164. The van der Waals surface area contributed by atoms with Gasteiger partial charge in [0.1, 0.15) is 5.56 Å². The van der Waals surface area contributed by atoms with Gasteiger partial charge in [-0.05, 0) is 12.1 Å². The summed E-state index contributed by atoms with van der Waals surface area (Å²) in [6.45, 7) is 2.91. The number of amides is 1. The van der Waals surface area contributed by atoms with Crippen molar-refractivity contribution in [2.24, 2.45) is 7.05 Å². The number of carbonyl (C=O) groups is 1. The van der Waals surface area contributed by atoms with Crippen molar-refractivity contribution >= 4 is 5.91 Å². The molecule has 0 unspecified atom stereocenters. The van der Waals surface area contributed by atoms with E-state index in [0.717, 1.165) is 13.1 Å². The van der Waals surface area contributed by atoms with Crippen LogP contribution in [0.2, 0.25) is 0 Å². The van der Waals surface area contributed by atoms with Gasteiger partial charge in [0.05, 0.1) is 0 Å². The second-order valence-corrected chi connectivity index (χ2v) is 3.88. The Morgan fingerprint density at radius 2 is 2.06 bits per heavy atom. The van der Waals surface area contributed by atoms with Crippen LogP contribution in [-0.4, -0.2) is 41.6 Å². The molecule has 2 heterocycles. The fourth-order valence-corrected chi connectivity index (χ4v) is 1.80. The molecule has 0 aromatic carbocycles. The van der Waals surface area contributed by atoms with Crippen molar-refractivity contribution < 1.29 is 4.79 Å². The molecule has 2 rings (SSSR count). The highest BCUT2D eigenvalue weighted by Gasteiger charge is 2.20. The second-order valence-electron chi connectivity index (χ2n) is 3.88. The summed E-state index contributed by atoms with van der Waals surface area (Å²) in [5.74, 6) is -0.164. The van der Waals surface area contributed by atoms with Gasteiger partial charge in [-0.15, -0.1) is 0 Å². The molecule has 1 aliphatic rings. The van der Waals surface area contributed by atoms with E-state index in [1.165, 1.54) is 4.57 Å². The van der Waals surface area contributed by atoms with Crippen molar-refractivity contribution in [3.63, 3.8) is 0 Å². The summed E-state index contributed by atoms with van der Waals surface area (Å²) in [6, 6.07) is 3.31. The maximum atomic E-state index is 12.1. The fourth-order valence-electron chi connectivity index (χ4n) is 1.80. The van der Waals surface area contributed by atoms with Crippen LogP contribution < -0.4 is 10.9 Å². The molecule has 86 valence electrons. The third-order valence-corrected chi connectivity index (χ3v) is 2.76. The van der Waals surface area contributed by atoms with E-state index in [4.69, 9.17) is 0 Å². The SMILES string of the molecule is Cn1cccc(C(=O)N2CCNCC2)c1=O. The summed E-state index contributed by atoms with van der Waals surface area (Å²) in [7, 11) is 1.65. The zero-order valence-corrected chi connectivity index (χ0v) is 9.27. The number of hydrogen-bond acceptors (Lipinski definition) is 3. The van der Waals surface area contributed by atoms with Gasteiger partial charge in [0.25, 0.3) is 11.5 Å². The third-order valence-electron chi connectivity index (χ3n) is 2.76. The predicted molar refractivity (Wildman–Crippen MR) is 60.5 cm³/mol. The minimum atomic E-state index is -0.231. The average Bonchev–Trinajstić information content (AvgIpc) is 2.33. The van der Waals surface area contributed by atoms with Crippen molar-refractivity contribution in [3.8, 4) is 0 Å². The van der Waals surface area contributed by atoms with E-state index in [-0.39, 0.29) is 17.0 Å². The molecule has 5 heteroatoms. The van der Waals surface area contributed by atoms with Crippen LogP contribution in [0, 0.1) is 0 Å². The fraction of sp³-hybridized carbons (Fsp3) is 0.455.